The highest BCUT2D eigenvalue weighted by molar-refractivity contribution is 5.79. The Morgan fingerprint density at radius 1 is 0.714 bits per heavy atom. The quantitative estimate of drug-likeness (QED) is 0.749. The molecule has 0 fully saturated rings. The van der Waals surface area contributed by atoms with E-state index in [2.05, 4.69) is 37.7 Å². The molecule has 0 radical (unpaired) electrons. The van der Waals surface area contributed by atoms with Crippen LogP contribution in [-0.4, -0.2) is 38.1 Å². The third-order valence-corrected chi connectivity index (χ3v) is 2.42. The molecule has 4 nitrogen and oxygen atoms in total. The molecule has 0 N–H and O–H groups in total. The highest BCUT2D eigenvalue weighted by Gasteiger charge is 2.10. The predicted octanol–water partition coefficient (Wildman–Crippen LogP) is 4.58. The van der Waals surface area contributed by atoms with Crippen molar-refractivity contribution in [2.45, 2.75) is 61.8 Å². The minimum Gasteiger partial charge on any atom is -0.481 e. The van der Waals surface area contributed by atoms with Crippen molar-refractivity contribution in [2.75, 3.05) is 26.3 Å². The molecule has 0 atom stereocenters. The first kappa shape index (κ1) is 22.2. The van der Waals surface area contributed by atoms with Crippen LogP contribution in [0.5, 0.6) is 0 Å². The van der Waals surface area contributed by atoms with Gasteiger partial charge in [0.05, 0.1) is 13.2 Å². The third-order valence-electron chi connectivity index (χ3n) is 2.42. The van der Waals surface area contributed by atoms with Crippen molar-refractivity contribution in [1.29, 1.82) is 0 Å². The highest BCUT2D eigenvalue weighted by Crippen LogP contribution is 2.05. The molecule has 0 aromatic carbocycles. The molecule has 0 bridgehead atoms. The van der Waals surface area contributed by atoms with E-state index in [1.54, 1.807) is 0 Å². The van der Waals surface area contributed by atoms with Gasteiger partial charge in [-0.05, 0) is 0 Å². The molecule has 2 heterocycles. The van der Waals surface area contributed by atoms with Crippen LogP contribution in [0.4, 0.5) is 0 Å². The monoisotopic (exact) mass is 300 g/mol. The number of rotatable bonds is 2. The van der Waals surface area contributed by atoms with Crippen LogP contribution in [0, 0.1) is 11.8 Å². The maximum absolute atomic E-state index is 5.29. The summed E-state index contributed by atoms with van der Waals surface area (Å²) in [6, 6.07) is 0. The van der Waals surface area contributed by atoms with Crippen molar-refractivity contribution >= 4 is 11.8 Å². The van der Waals surface area contributed by atoms with Crippen molar-refractivity contribution in [3.63, 3.8) is 0 Å². The molecular formula is C17H36N2O2. The summed E-state index contributed by atoms with van der Waals surface area (Å²) in [5.41, 5.74) is 0. The standard InChI is InChI=1S/C7H13NO.C6H11NO.2C2H6/c1-6(2)7-8-4-3-5-9-7;1-5(2)6-7-3-4-8-6;2*1-2/h6H,3-5H2,1-2H3;5H,3-4H2,1-2H3;2*1-2H3. The van der Waals surface area contributed by atoms with Crippen molar-refractivity contribution < 1.29 is 9.47 Å². The Labute approximate surface area is 132 Å². The van der Waals surface area contributed by atoms with Gasteiger partial charge >= 0.3 is 0 Å². The molecule has 0 saturated heterocycles. The molecular weight excluding hydrogens is 264 g/mol. The van der Waals surface area contributed by atoms with Gasteiger partial charge in [0.2, 0.25) is 0 Å². The molecule has 0 saturated carbocycles. The van der Waals surface area contributed by atoms with E-state index in [0.29, 0.717) is 11.8 Å². The van der Waals surface area contributed by atoms with E-state index in [0.717, 1.165) is 44.5 Å². The SMILES string of the molecule is CC.CC.CC(C)C1=NCCCO1.CC(C)C1=NCCO1. The lowest BCUT2D eigenvalue weighted by Crippen LogP contribution is -2.18. The Bertz CT molecular complexity index is 285. The average Bonchev–Trinajstić information content (AvgIpc) is 3.07. The van der Waals surface area contributed by atoms with Crippen LogP contribution in [0.1, 0.15) is 61.8 Å². The van der Waals surface area contributed by atoms with Crippen molar-refractivity contribution in [3.05, 3.63) is 0 Å². The van der Waals surface area contributed by atoms with Gasteiger partial charge in [-0.25, -0.2) is 0 Å². The third kappa shape index (κ3) is 11.3. The number of hydrogen-bond acceptors (Lipinski definition) is 4. The topological polar surface area (TPSA) is 43.2 Å². The van der Waals surface area contributed by atoms with Gasteiger partial charge in [-0.1, -0.05) is 55.4 Å². The number of hydrogen-bond donors (Lipinski definition) is 0. The summed E-state index contributed by atoms with van der Waals surface area (Å²) in [6.07, 6.45) is 1.08. The van der Waals surface area contributed by atoms with E-state index in [1.165, 1.54) is 0 Å². The van der Waals surface area contributed by atoms with Crippen LogP contribution < -0.4 is 0 Å². The lowest BCUT2D eigenvalue weighted by atomic mass is 10.2. The van der Waals surface area contributed by atoms with Gasteiger partial charge in [-0.3, -0.25) is 9.98 Å². The second-order valence-corrected chi connectivity index (χ2v) is 4.80. The lowest BCUT2D eigenvalue weighted by Gasteiger charge is -2.15. The Morgan fingerprint density at radius 2 is 1.14 bits per heavy atom. The van der Waals surface area contributed by atoms with Crippen LogP contribution in [0.2, 0.25) is 0 Å². The summed E-state index contributed by atoms with van der Waals surface area (Å²) >= 11 is 0. The molecule has 4 heteroatoms. The molecule has 0 unspecified atom stereocenters. The smallest absolute Gasteiger partial charge is 0.186 e. The van der Waals surface area contributed by atoms with E-state index < -0.39 is 0 Å². The average molecular weight is 300 g/mol. The van der Waals surface area contributed by atoms with Crippen LogP contribution in [-0.2, 0) is 9.47 Å². The number of ether oxygens (including phenoxy) is 2. The van der Waals surface area contributed by atoms with E-state index in [1.807, 2.05) is 27.7 Å². The fourth-order valence-electron chi connectivity index (χ4n) is 1.53. The second-order valence-electron chi connectivity index (χ2n) is 4.80. The molecule has 0 amide bonds. The molecule has 0 aromatic heterocycles. The summed E-state index contributed by atoms with van der Waals surface area (Å²) < 4.78 is 10.5. The molecule has 2 rings (SSSR count). The first-order valence-electron chi connectivity index (χ1n) is 8.45. The van der Waals surface area contributed by atoms with Crippen LogP contribution in [0.25, 0.3) is 0 Å². The Kier molecular flexibility index (Phi) is 16.2. The van der Waals surface area contributed by atoms with Gasteiger partial charge in [0, 0.05) is 24.8 Å². The van der Waals surface area contributed by atoms with E-state index >= 15 is 0 Å². The largest absolute Gasteiger partial charge is 0.481 e. The molecule has 126 valence electrons. The molecule has 0 spiro atoms. The molecule has 2 aliphatic rings. The van der Waals surface area contributed by atoms with E-state index in [9.17, 15) is 0 Å². The van der Waals surface area contributed by atoms with Crippen molar-refractivity contribution in [1.82, 2.24) is 0 Å². The summed E-state index contributed by atoms with van der Waals surface area (Å²) in [4.78, 5) is 8.35. The van der Waals surface area contributed by atoms with Crippen molar-refractivity contribution in [2.24, 2.45) is 21.8 Å². The molecule has 21 heavy (non-hydrogen) atoms. The molecule has 2 aliphatic heterocycles. The van der Waals surface area contributed by atoms with E-state index in [4.69, 9.17) is 9.47 Å². The fourth-order valence-corrected chi connectivity index (χ4v) is 1.53. The van der Waals surface area contributed by atoms with E-state index in [-0.39, 0.29) is 0 Å². The summed E-state index contributed by atoms with van der Waals surface area (Å²) in [5, 5.41) is 0. The van der Waals surface area contributed by atoms with Gasteiger partial charge in [-0.15, -0.1) is 0 Å². The van der Waals surface area contributed by atoms with Gasteiger partial charge < -0.3 is 9.47 Å². The minimum atomic E-state index is 0.463. The maximum Gasteiger partial charge on any atom is 0.186 e. The summed E-state index contributed by atoms with van der Waals surface area (Å²) in [5.74, 6) is 2.79. The number of nitrogens with zero attached hydrogens (tertiary/aromatic N) is 2. The maximum atomic E-state index is 5.29. The molecule has 0 aliphatic carbocycles. The predicted molar refractivity (Wildman–Crippen MR) is 93.5 cm³/mol. The highest BCUT2D eigenvalue weighted by atomic mass is 16.5. The lowest BCUT2D eigenvalue weighted by molar-refractivity contribution is 0.264. The van der Waals surface area contributed by atoms with Gasteiger partial charge in [0.1, 0.15) is 6.61 Å². The van der Waals surface area contributed by atoms with Gasteiger partial charge in [0.25, 0.3) is 0 Å². The minimum absolute atomic E-state index is 0.463. The Balaban J connectivity index is 0. The zero-order chi connectivity index (χ0) is 16.7. The van der Waals surface area contributed by atoms with Crippen LogP contribution in [0.3, 0.4) is 0 Å². The number of aliphatic imine (C=N–C) groups is 2. The zero-order valence-electron chi connectivity index (χ0n) is 15.4. The van der Waals surface area contributed by atoms with Gasteiger partial charge in [0.15, 0.2) is 11.8 Å². The Hall–Kier alpha value is -1.06. The zero-order valence-corrected chi connectivity index (χ0v) is 15.4. The second kappa shape index (κ2) is 15.3. The first-order valence-corrected chi connectivity index (χ1v) is 8.45. The first-order chi connectivity index (χ1) is 10.1. The van der Waals surface area contributed by atoms with Gasteiger partial charge in [-0.2, -0.15) is 0 Å². The Morgan fingerprint density at radius 3 is 1.38 bits per heavy atom. The summed E-state index contributed by atoms with van der Waals surface area (Å²) in [6.45, 7) is 19.8. The van der Waals surface area contributed by atoms with Crippen LogP contribution in [0.15, 0.2) is 9.98 Å². The van der Waals surface area contributed by atoms with Crippen LogP contribution >= 0.6 is 0 Å². The summed E-state index contributed by atoms with van der Waals surface area (Å²) in [7, 11) is 0. The van der Waals surface area contributed by atoms with Crippen molar-refractivity contribution in [3.8, 4) is 0 Å². The normalized spacial score (nSPS) is 15.9. The fraction of sp³-hybridized carbons (Fsp3) is 0.882. The molecule has 0 aromatic rings.